The lowest BCUT2D eigenvalue weighted by Gasteiger charge is -2.42. The standard InChI is InChI=1S/C16H20O9/c1-6-7-12-13(21-8(2)17)14(22-9(3)18)15(23-10(4)19)16(25-12)24-11(5)20/h7,12-16H,1H2,2-5H3/t12?,13?,14-,15?,16?/m1/s1. The Morgan fingerprint density at radius 1 is 0.800 bits per heavy atom. The van der Waals surface area contributed by atoms with Gasteiger partial charge in [0.25, 0.3) is 0 Å². The Morgan fingerprint density at radius 3 is 1.68 bits per heavy atom. The van der Waals surface area contributed by atoms with Gasteiger partial charge in [-0.15, -0.1) is 5.73 Å². The summed E-state index contributed by atoms with van der Waals surface area (Å²) in [4.78, 5) is 45.6. The molecule has 1 saturated heterocycles. The van der Waals surface area contributed by atoms with Crippen LogP contribution in [0.3, 0.4) is 0 Å². The van der Waals surface area contributed by atoms with E-state index in [1.54, 1.807) is 0 Å². The minimum absolute atomic E-state index is 0.680. The highest BCUT2D eigenvalue weighted by Crippen LogP contribution is 2.30. The first-order valence-corrected chi connectivity index (χ1v) is 7.36. The molecule has 25 heavy (non-hydrogen) atoms. The van der Waals surface area contributed by atoms with Crippen molar-refractivity contribution < 1.29 is 42.9 Å². The van der Waals surface area contributed by atoms with Crippen LogP contribution >= 0.6 is 0 Å². The number of hydrogen-bond donors (Lipinski definition) is 0. The van der Waals surface area contributed by atoms with Crippen LogP contribution in [0, 0.1) is 0 Å². The van der Waals surface area contributed by atoms with E-state index in [-0.39, 0.29) is 0 Å². The second-order valence-electron chi connectivity index (χ2n) is 5.17. The van der Waals surface area contributed by atoms with Gasteiger partial charge in [-0.05, 0) is 6.08 Å². The first-order chi connectivity index (χ1) is 11.6. The van der Waals surface area contributed by atoms with Gasteiger partial charge >= 0.3 is 23.9 Å². The molecule has 0 aromatic carbocycles. The summed E-state index contributed by atoms with van der Waals surface area (Å²) in [6, 6.07) is 0. The molecular weight excluding hydrogens is 336 g/mol. The van der Waals surface area contributed by atoms with Crippen LogP contribution in [0.15, 0.2) is 18.4 Å². The summed E-state index contributed by atoms with van der Waals surface area (Å²) < 4.78 is 26.0. The van der Waals surface area contributed by atoms with Gasteiger partial charge in [0.05, 0.1) is 0 Å². The molecule has 0 aliphatic carbocycles. The maximum atomic E-state index is 11.5. The van der Waals surface area contributed by atoms with E-state index in [1.807, 2.05) is 0 Å². The Kier molecular flexibility index (Phi) is 7.35. The summed E-state index contributed by atoms with van der Waals surface area (Å²) >= 11 is 0. The van der Waals surface area contributed by atoms with Gasteiger partial charge in [-0.25, -0.2) is 0 Å². The Labute approximate surface area is 144 Å². The second kappa shape index (κ2) is 9.00. The van der Waals surface area contributed by atoms with Gasteiger partial charge in [-0.1, -0.05) is 6.58 Å². The number of esters is 4. The molecule has 1 aliphatic rings. The van der Waals surface area contributed by atoms with Gasteiger partial charge in [-0.3, -0.25) is 19.2 Å². The summed E-state index contributed by atoms with van der Waals surface area (Å²) in [5, 5.41) is 0. The van der Waals surface area contributed by atoms with Crippen molar-refractivity contribution in [3.8, 4) is 0 Å². The van der Waals surface area contributed by atoms with E-state index in [1.165, 1.54) is 6.08 Å². The van der Waals surface area contributed by atoms with E-state index in [4.69, 9.17) is 23.7 Å². The average Bonchev–Trinajstić information content (AvgIpc) is 2.45. The molecular formula is C16H20O9. The molecule has 0 saturated carbocycles. The fraction of sp³-hybridized carbons (Fsp3) is 0.562. The van der Waals surface area contributed by atoms with Crippen LogP contribution in [0.25, 0.3) is 0 Å². The molecule has 1 rings (SSSR count). The molecule has 0 radical (unpaired) electrons. The third-order valence-corrected chi connectivity index (χ3v) is 3.00. The number of hydrogen-bond acceptors (Lipinski definition) is 9. The van der Waals surface area contributed by atoms with E-state index in [2.05, 4.69) is 12.3 Å². The molecule has 0 amide bonds. The molecule has 9 nitrogen and oxygen atoms in total. The number of ether oxygens (including phenoxy) is 5. The first kappa shape index (κ1) is 20.4. The van der Waals surface area contributed by atoms with Crippen molar-refractivity contribution in [2.24, 2.45) is 0 Å². The first-order valence-electron chi connectivity index (χ1n) is 7.36. The minimum Gasteiger partial charge on any atom is -0.455 e. The fourth-order valence-corrected chi connectivity index (χ4v) is 2.31. The monoisotopic (exact) mass is 356 g/mol. The maximum absolute atomic E-state index is 11.5. The van der Waals surface area contributed by atoms with Crippen molar-refractivity contribution in [3.63, 3.8) is 0 Å². The van der Waals surface area contributed by atoms with Gasteiger partial charge in [0.15, 0.2) is 12.2 Å². The lowest BCUT2D eigenvalue weighted by molar-refractivity contribution is -0.287. The van der Waals surface area contributed by atoms with Crippen molar-refractivity contribution in [2.75, 3.05) is 0 Å². The predicted octanol–water partition coefficient (Wildman–Crippen LogP) is 0.411. The summed E-state index contributed by atoms with van der Waals surface area (Å²) in [7, 11) is 0. The van der Waals surface area contributed by atoms with Crippen molar-refractivity contribution in [3.05, 3.63) is 18.4 Å². The van der Waals surface area contributed by atoms with E-state index in [0.29, 0.717) is 0 Å². The summed E-state index contributed by atoms with van der Waals surface area (Å²) in [5.74, 6) is -2.84. The molecule has 1 fully saturated rings. The Balaban J connectivity index is 3.33. The minimum atomic E-state index is -1.38. The zero-order valence-electron chi connectivity index (χ0n) is 14.3. The molecule has 0 aromatic rings. The Bertz CT molecular complexity index is 590. The number of carbonyl (C=O) groups excluding carboxylic acids is 4. The van der Waals surface area contributed by atoms with Crippen LogP contribution in [-0.2, 0) is 42.9 Å². The Hall–Kier alpha value is -2.64. The average molecular weight is 356 g/mol. The van der Waals surface area contributed by atoms with Crippen molar-refractivity contribution in [2.45, 2.75) is 58.4 Å². The topological polar surface area (TPSA) is 114 Å². The molecule has 138 valence electrons. The van der Waals surface area contributed by atoms with Crippen LogP contribution < -0.4 is 0 Å². The summed E-state index contributed by atoms with van der Waals surface area (Å²) in [6.07, 6.45) is -4.83. The van der Waals surface area contributed by atoms with Gasteiger partial charge in [0.1, 0.15) is 6.10 Å². The zero-order chi connectivity index (χ0) is 19.1. The normalized spacial score (nSPS) is 28.1. The van der Waals surface area contributed by atoms with E-state index >= 15 is 0 Å². The summed E-state index contributed by atoms with van der Waals surface area (Å²) in [5.41, 5.74) is 2.46. The lowest BCUT2D eigenvalue weighted by atomic mass is 9.97. The lowest BCUT2D eigenvalue weighted by Crippen LogP contribution is -2.61. The maximum Gasteiger partial charge on any atom is 0.305 e. The largest absolute Gasteiger partial charge is 0.455 e. The second-order valence-corrected chi connectivity index (χ2v) is 5.17. The van der Waals surface area contributed by atoms with Crippen molar-refractivity contribution in [1.29, 1.82) is 0 Å². The van der Waals surface area contributed by atoms with Crippen LogP contribution in [0.4, 0.5) is 0 Å². The molecule has 0 aromatic heterocycles. The van der Waals surface area contributed by atoms with E-state index < -0.39 is 54.6 Å². The van der Waals surface area contributed by atoms with Crippen LogP contribution in [0.2, 0.25) is 0 Å². The van der Waals surface area contributed by atoms with Gasteiger partial charge < -0.3 is 23.7 Å². The van der Waals surface area contributed by atoms with Gasteiger partial charge in [-0.2, -0.15) is 0 Å². The molecule has 0 spiro atoms. The van der Waals surface area contributed by atoms with E-state index in [9.17, 15) is 19.2 Å². The molecule has 1 aliphatic heterocycles. The van der Waals surface area contributed by atoms with Crippen molar-refractivity contribution in [1.82, 2.24) is 0 Å². The highest BCUT2D eigenvalue weighted by atomic mass is 16.7. The molecule has 0 bridgehead atoms. The van der Waals surface area contributed by atoms with Crippen LogP contribution in [0.1, 0.15) is 27.7 Å². The predicted molar refractivity (Wildman–Crippen MR) is 80.8 cm³/mol. The molecule has 5 atom stereocenters. The zero-order valence-corrected chi connectivity index (χ0v) is 14.3. The van der Waals surface area contributed by atoms with E-state index in [0.717, 1.165) is 27.7 Å². The van der Waals surface area contributed by atoms with Crippen LogP contribution in [0.5, 0.6) is 0 Å². The van der Waals surface area contributed by atoms with Crippen molar-refractivity contribution >= 4 is 23.9 Å². The van der Waals surface area contributed by atoms with Gasteiger partial charge in [0.2, 0.25) is 12.4 Å². The molecule has 1 heterocycles. The third-order valence-electron chi connectivity index (χ3n) is 3.00. The third kappa shape index (κ3) is 6.06. The van der Waals surface area contributed by atoms with Gasteiger partial charge in [0, 0.05) is 27.7 Å². The smallest absolute Gasteiger partial charge is 0.305 e. The SMILES string of the molecule is C=C=CC1OC(OC(C)=O)C(OC(C)=O)[C@H](OC(C)=O)C1OC(C)=O. The molecule has 0 N–H and O–H groups in total. The molecule has 4 unspecified atom stereocenters. The fourth-order valence-electron chi connectivity index (χ4n) is 2.31. The highest BCUT2D eigenvalue weighted by Gasteiger charge is 2.52. The quantitative estimate of drug-likeness (QED) is 0.392. The summed E-state index contributed by atoms with van der Waals surface area (Å²) in [6.45, 7) is 7.93. The number of rotatable bonds is 5. The highest BCUT2D eigenvalue weighted by molar-refractivity contribution is 5.69. The van der Waals surface area contributed by atoms with Crippen LogP contribution in [-0.4, -0.2) is 54.6 Å². The Morgan fingerprint density at radius 2 is 1.24 bits per heavy atom. The number of carbonyl (C=O) groups is 4. The molecule has 9 heteroatoms.